The zero-order chi connectivity index (χ0) is 34.0. The molecule has 0 aromatic heterocycles. The predicted molar refractivity (Wildman–Crippen MR) is 173 cm³/mol. The first-order chi connectivity index (χ1) is 21.8. The molecule has 1 fully saturated rings. The highest BCUT2D eigenvalue weighted by Gasteiger charge is 2.34. The summed E-state index contributed by atoms with van der Waals surface area (Å²) in [6.07, 6.45) is 0.247. The number of amides is 6. The first kappa shape index (κ1) is 35.7. The van der Waals surface area contributed by atoms with E-state index in [-0.39, 0.29) is 37.8 Å². The highest BCUT2D eigenvalue weighted by molar-refractivity contribution is 5.96. The minimum absolute atomic E-state index is 0.0323. The van der Waals surface area contributed by atoms with Gasteiger partial charge in [0.1, 0.15) is 24.2 Å². The third kappa shape index (κ3) is 9.63. The van der Waals surface area contributed by atoms with Crippen LogP contribution in [-0.2, 0) is 35.2 Å². The standard InChI is InChI=1S/C34H46N6O6/c1-7-29(42)40-19-27(25-16-12-9-13-17-25)37-31(43)22(4)35-33(45)30(21(2)3)38-32(44)23(5)39(6)34(46)26(36-28(41)20-40)18-24-14-10-8-11-15-24/h8-17,21-23,26-27,30H,7,18-20H2,1-6H3,(H,35,45)(H,36,41)(H,37,43)(H,38,44)/t22-,23-,26-,27-,30+/m0/s1. The van der Waals surface area contributed by atoms with Crippen molar-refractivity contribution in [2.24, 2.45) is 5.92 Å². The molecule has 0 aliphatic carbocycles. The molecule has 1 aliphatic heterocycles. The Balaban J connectivity index is 2.05. The Morgan fingerprint density at radius 1 is 0.826 bits per heavy atom. The van der Waals surface area contributed by atoms with Gasteiger partial charge in [-0.15, -0.1) is 0 Å². The smallest absolute Gasteiger partial charge is 0.245 e. The molecule has 5 atom stereocenters. The fourth-order valence-electron chi connectivity index (χ4n) is 5.17. The van der Waals surface area contributed by atoms with Crippen LogP contribution in [-0.4, -0.2) is 89.5 Å². The molecule has 4 N–H and O–H groups in total. The molecule has 0 bridgehead atoms. The lowest BCUT2D eigenvalue weighted by atomic mass is 10.0. The summed E-state index contributed by atoms with van der Waals surface area (Å²) >= 11 is 0. The molecule has 2 aromatic carbocycles. The molecule has 1 heterocycles. The third-order valence-electron chi connectivity index (χ3n) is 8.13. The molecule has 1 saturated heterocycles. The number of nitrogens with zero attached hydrogens (tertiary/aromatic N) is 2. The second-order valence-corrected chi connectivity index (χ2v) is 12.0. The van der Waals surface area contributed by atoms with E-state index in [0.717, 1.165) is 5.56 Å². The largest absolute Gasteiger partial charge is 0.346 e. The van der Waals surface area contributed by atoms with Crippen molar-refractivity contribution in [3.63, 3.8) is 0 Å². The van der Waals surface area contributed by atoms with Crippen LogP contribution in [0.1, 0.15) is 58.2 Å². The van der Waals surface area contributed by atoms with E-state index in [1.54, 1.807) is 45.0 Å². The van der Waals surface area contributed by atoms with Gasteiger partial charge in [0.2, 0.25) is 35.4 Å². The van der Waals surface area contributed by atoms with Crippen LogP contribution in [0.25, 0.3) is 0 Å². The summed E-state index contributed by atoms with van der Waals surface area (Å²) in [5.41, 5.74) is 1.48. The molecule has 1 aliphatic rings. The lowest BCUT2D eigenvalue weighted by Gasteiger charge is -2.33. The highest BCUT2D eigenvalue weighted by atomic mass is 16.2. The lowest BCUT2D eigenvalue weighted by Crippen LogP contribution is -2.59. The summed E-state index contributed by atoms with van der Waals surface area (Å²) in [6, 6.07) is 13.4. The second-order valence-electron chi connectivity index (χ2n) is 12.0. The van der Waals surface area contributed by atoms with Gasteiger partial charge in [0.25, 0.3) is 0 Å². The third-order valence-corrected chi connectivity index (χ3v) is 8.13. The Bertz CT molecular complexity index is 1390. The van der Waals surface area contributed by atoms with Crippen molar-refractivity contribution in [2.45, 2.75) is 77.7 Å². The van der Waals surface area contributed by atoms with E-state index < -0.39 is 59.7 Å². The van der Waals surface area contributed by atoms with Crippen LogP contribution >= 0.6 is 0 Å². The normalized spacial score (nSPS) is 24.3. The molecule has 0 unspecified atom stereocenters. The molecular weight excluding hydrogens is 588 g/mol. The number of hydrogen-bond acceptors (Lipinski definition) is 6. The fourth-order valence-corrected chi connectivity index (χ4v) is 5.17. The SMILES string of the molecule is CCC(=O)N1CC(=O)N[C@@H](Cc2ccccc2)C(=O)N(C)[C@@H](C)C(=O)N[C@H](C(C)C)C(=O)N[C@@H](C)C(=O)N[C@H](c2ccccc2)C1. The Morgan fingerprint density at radius 3 is 2.02 bits per heavy atom. The summed E-state index contributed by atoms with van der Waals surface area (Å²) in [5, 5.41) is 11.1. The molecule has 0 spiro atoms. The molecule has 12 heteroatoms. The number of carbonyl (C=O) groups excluding carboxylic acids is 6. The van der Waals surface area contributed by atoms with E-state index in [4.69, 9.17) is 0 Å². The van der Waals surface area contributed by atoms with E-state index in [9.17, 15) is 28.8 Å². The van der Waals surface area contributed by atoms with E-state index >= 15 is 0 Å². The molecular formula is C34H46N6O6. The van der Waals surface area contributed by atoms with Crippen molar-refractivity contribution in [3.05, 3.63) is 71.8 Å². The second kappa shape index (κ2) is 16.5. The first-order valence-corrected chi connectivity index (χ1v) is 15.7. The molecule has 6 amide bonds. The van der Waals surface area contributed by atoms with Gasteiger partial charge in [-0.1, -0.05) is 81.4 Å². The Kier molecular flexibility index (Phi) is 12.8. The Labute approximate surface area is 270 Å². The lowest BCUT2D eigenvalue weighted by molar-refractivity contribution is -0.143. The summed E-state index contributed by atoms with van der Waals surface area (Å²) in [7, 11) is 1.46. The maximum Gasteiger partial charge on any atom is 0.245 e. The maximum absolute atomic E-state index is 13.8. The van der Waals surface area contributed by atoms with Gasteiger partial charge < -0.3 is 31.1 Å². The van der Waals surface area contributed by atoms with Gasteiger partial charge in [0.05, 0.1) is 12.6 Å². The van der Waals surface area contributed by atoms with Crippen LogP contribution in [0.4, 0.5) is 0 Å². The molecule has 0 saturated carbocycles. The van der Waals surface area contributed by atoms with Gasteiger partial charge in [-0.25, -0.2) is 0 Å². The van der Waals surface area contributed by atoms with Crippen LogP contribution in [0.5, 0.6) is 0 Å². The summed E-state index contributed by atoms with van der Waals surface area (Å²) in [5.74, 6) is -3.38. The van der Waals surface area contributed by atoms with Gasteiger partial charge >= 0.3 is 0 Å². The molecule has 0 radical (unpaired) electrons. The Hall–Kier alpha value is -4.74. The monoisotopic (exact) mass is 634 g/mol. The average Bonchev–Trinajstić information content (AvgIpc) is 3.04. The van der Waals surface area contributed by atoms with E-state index in [1.165, 1.54) is 30.7 Å². The van der Waals surface area contributed by atoms with Crippen molar-refractivity contribution in [1.29, 1.82) is 0 Å². The molecule has 248 valence electrons. The van der Waals surface area contributed by atoms with E-state index in [1.807, 2.05) is 36.4 Å². The van der Waals surface area contributed by atoms with Crippen molar-refractivity contribution < 1.29 is 28.8 Å². The minimum Gasteiger partial charge on any atom is -0.346 e. The number of nitrogens with one attached hydrogen (secondary N) is 4. The van der Waals surface area contributed by atoms with Crippen molar-refractivity contribution in [3.8, 4) is 0 Å². The van der Waals surface area contributed by atoms with Crippen LogP contribution in [0.3, 0.4) is 0 Å². The highest BCUT2D eigenvalue weighted by Crippen LogP contribution is 2.16. The van der Waals surface area contributed by atoms with Gasteiger partial charge in [0, 0.05) is 26.4 Å². The number of carbonyl (C=O) groups is 6. The van der Waals surface area contributed by atoms with Crippen molar-refractivity contribution in [1.82, 2.24) is 31.1 Å². The number of benzene rings is 2. The topological polar surface area (TPSA) is 157 Å². The average molecular weight is 635 g/mol. The van der Waals surface area contributed by atoms with Crippen molar-refractivity contribution >= 4 is 35.4 Å². The number of rotatable bonds is 5. The number of hydrogen-bond donors (Lipinski definition) is 4. The summed E-state index contributed by atoms with van der Waals surface area (Å²) in [4.78, 5) is 83.2. The molecule has 46 heavy (non-hydrogen) atoms. The van der Waals surface area contributed by atoms with Gasteiger partial charge in [-0.05, 0) is 30.9 Å². The van der Waals surface area contributed by atoms with Crippen molar-refractivity contribution in [2.75, 3.05) is 20.1 Å². The van der Waals surface area contributed by atoms with Crippen LogP contribution in [0.15, 0.2) is 60.7 Å². The zero-order valence-corrected chi connectivity index (χ0v) is 27.4. The van der Waals surface area contributed by atoms with Gasteiger partial charge in [-0.2, -0.15) is 0 Å². The van der Waals surface area contributed by atoms with Gasteiger partial charge in [-0.3, -0.25) is 28.8 Å². The fraction of sp³-hybridized carbons (Fsp3) is 0.471. The van der Waals surface area contributed by atoms with E-state index in [2.05, 4.69) is 21.3 Å². The first-order valence-electron chi connectivity index (χ1n) is 15.7. The minimum atomic E-state index is -1.05. The number of likely N-dealkylation sites (N-methyl/N-ethyl adjacent to an activating group) is 1. The molecule has 2 aromatic rings. The quantitative estimate of drug-likeness (QED) is 0.389. The summed E-state index contributed by atoms with van der Waals surface area (Å²) < 4.78 is 0. The van der Waals surface area contributed by atoms with E-state index in [0.29, 0.717) is 5.56 Å². The summed E-state index contributed by atoms with van der Waals surface area (Å²) in [6.45, 7) is 7.85. The van der Waals surface area contributed by atoms with Gasteiger partial charge in [0.15, 0.2) is 0 Å². The molecule has 12 nitrogen and oxygen atoms in total. The maximum atomic E-state index is 13.8. The molecule has 3 rings (SSSR count). The van der Waals surface area contributed by atoms with Crippen LogP contribution < -0.4 is 21.3 Å². The Morgan fingerprint density at radius 2 is 1.43 bits per heavy atom. The predicted octanol–water partition coefficient (Wildman–Crippen LogP) is 1.32. The zero-order valence-electron chi connectivity index (χ0n) is 27.4. The van der Waals surface area contributed by atoms with Crippen LogP contribution in [0.2, 0.25) is 0 Å². The van der Waals surface area contributed by atoms with Crippen LogP contribution in [0, 0.1) is 5.92 Å².